The maximum atomic E-state index is 11.8. The Kier molecular flexibility index (Phi) is 4.25. The molecule has 3 nitrogen and oxygen atoms in total. The summed E-state index contributed by atoms with van der Waals surface area (Å²) in [5.41, 5.74) is 8.30. The second kappa shape index (κ2) is 5.74. The van der Waals surface area contributed by atoms with E-state index in [1.54, 1.807) is 0 Å². The van der Waals surface area contributed by atoms with Crippen molar-refractivity contribution in [1.29, 1.82) is 0 Å². The fourth-order valence-electron chi connectivity index (χ4n) is 2.41. The van der Waals surface area contributed by atoms with Crippen molar-refractivity contribution >= 4 is 5.91 Å². The molecule has 3 N–H and O–H groups in total. The van der Waals surface area contributed by atoms with Gasteiger partial charge < -0.3 is 11.1 Å². The molecule has 1 aliphatic rings. The number of hydrogen-bond donors (Lipinski definition) is 2. The van der Waals surface area contributed by atoms with Crippen LogP contribution in [0.5, 0.6) is 0 Å². The highest BCUT2D eigenvalue weighted by Crippen LogP contribution is 2.31. The topological polar surface area (TPSA) is 55.1 Å². The Morgan fingerprint density at radius 3 is 2.42 bits per heavy atom. The van der Waals surface area contributed by atoms with Crippen molar-refractivity contribution in [3.8, 4) is 0 Å². The third-order valence-corrected chi connectivity index (χ3v) is 4.00. The van der Waals surface area contributed by atoms with E-state index in [1.165, 1.54) is 5.56 Å². The van der Waals surface area contributed by atoms with Crippen LogP contribution in [0.2, 0.25) is 0 Å². The number of benzene rings is 1. The van der Waals surface area contributed by atoms with E-state index in [-0.39, 0.29) is 11.4 Å². The van der Waals surface area contributed by atoms with Gasteiger partial charge in [-0.15, -0.1) is 0 Å². The van der Waals surface area contributed by atoms with E-state index < -0.39 is 0 Å². The van der Waals surface area contributed by atoms with Gasteiger partial charge in [0.05, 0.1) is 0 Å². The minimum absolute atomic E-state index is 0.0649. The normalized spacial score (nSPS) is 17.1. The summed E-state index contributed by atoms with van der Waals surface area (Å²) in [6.07, 6.45) is 3.56. The van der Waals surface area contributed by atoms with E-state index in [4.69, 9.17) is 5.73 Å². The van der Waals surface area contributed by atoms with Gasteiger partial charge in [-0.25, -0.2) is 0 Å². The lowest BCUT2D eigenvalue weighted by Gasteiger charge is -2.37. The average molecular weight is 260 g/mol. The summed E-state index contributed by atoms with van der Waals surface area (Å²) in [6.45, 7) is 4.94. The molecule has 1 saturated carbocycles. The molecule has 1 aromatic carbocycles. The predicted octanol–water partition coefficient (Wildman–Crippen LogP) is 2.70. The van der Waals surface area contributed by atoms with Gasteiger partial charge in [0.25, 0.3) is 0 Å². The maximum Gasteiger partial charge on any atom is 0.222 e. The van der Waals surface area contributed by atoms with E-state index in [9.17, 15) is 4.79 Å². The molecule has 0 spiro atoms. The molecular formula is C16H24N2O. The van der Waals surface area contributed by atoms with Crippen LogP contribution >= 0.6 is 0 Å². The first-order valence-electron chi connectivity index (χ1n) is 7.13. The second-order valence-corrected chi connectivity index (χ2v) is 6.07. The van der Waals surface area contributed by atoms with E-state index >= 15 is 0 Å². The molecule has 0 saturated heterocycles. The minimum Gasteiger partial charge on any atom is -0.352 e. The summed E-state index contributed by atoms with van der Waals surface area (Å²) in [6, 6.07) is 8.42. The molecule has 1 amide bonds. The molecule has 19 heavy (non-hydrogen) atoms. The van der Waals surface area contributed by atoms with E-state index in [0.29, 0.717) is 18.9 Å². The number of hydrogen-bond acceptors (Lipinski definition) is 2. The minimum atomic E-state index is -0.231. The van der Waals surface area contributed by atoms with Crippen LogP contribution in [0.1, 0.15) is 56.6 Å². The molecular weight excluding hydrogens is 236 g/mol. The Balaban J connectivity index is 1.79. The zero-order chi connectivity index (χ0) is 13.9. The van der Waals surface area contributed by atoms with Crippen LogP contribution < -0.4 is 11.1 Å². The summed E-state index contributed by atoms with van der Waals surface area (Å²) < 4.78 is 0. The molecule has 0 atom stereocenters. The van der Waals surface area contributed by atoms with Gasteiger partial charge in [-0.3, -0.25) is 4.79 Å². The summed E-state index contributed by atoms with van der Waals surface area (Å²) in [7, 11) is 0. The molecule has 1 fully saturated rings. The SMILES string of the molecule is CC(C)c1ccc(CNC(=O)CC2(N)CCC2)cc1. The number of nitrogens with one attached hydrogen (secondary N) is 1. The van der Waals surface area contributed by atoms with Crippen LogP contribution in [0.3, 0.4) is 0 Å². The zero-order valence-corrected chi connectivity index (χ0v) is 11.9. The van der Waals surface area contributed by atoms with E-state index in [1.807, 2.05) is 0 Å². The Labute approximate surface area is 115 Å². The smallest absolute Gasteiger partial charge is 0.222 e. The first-order chi connectivity index (χ1) is 8.98. The molecule has 0 aliphatic heterocycles. The highest BCUT2D eigenvalue weighted by molar-refractivity contribution is 5.77. The Morgan fingerprint density at radius 1 is 1.32 bits per heavy atom. The monoisotopic (exact) mass is 260 g/mol. The van der Waals surface area contributed by atoms with Crippen molar-refractivity contribution in [2.75, 3.05) is 0 Å². The number of carbonyl (C=O) groups excluding carboxylic acids is 1. The van der Waals surface area contributed by atoms with Gasteiger partial charge in [0.1, 0.15) is 0 Å². The molecule has 1 aliphatic carbocycles. The van der Waals surface area contributed by atoms with Crippen molar-refractivity contribution < 1.29 is 4.79 Å². The Hall–Kier alpha value is -1.35. The van der Waals surface area contributed by atoms with E-state index in [0.717, 1.165) is 24.8 Å². The maximum absolute atomic E-state index is 11.8. The van der Waals surface area contributed by atoms with E-state index in [2.05, 4.69) is 43.4 Å². The van der Waals surface area contributed by atoms with Crippen molar-refractivity contribution in [3.05, 3.63) is 35.4 Å². The summed E-state index contributed by atoms with van der Waals surface area (Å²) in [5, 5.41) is 2.95. The van der Waals surface area contributed by atoms with Gasteiger partial charge in [-0.2, -0.15) is 0 Å². The first kappa shape index (κ1) is 14.1. The van der Waals surface area contributed by atoms with Crippen molar-refractivity contribution in [2.45, 2.75) is 57.5 Å². The molecule has 3 heteroatoms. The largest absolute Gasteiger partial charge is 0.352 e. The number of nitrogens with two attached hydrogens (primary N) is 1. The highest BCUT2D eigenvalue weighted by atomic mass is 16.1. The fourth-order valence-corrected chi connectivity index (χ4v) is 2.41. The van der Waals surface area contributed by atoms with Gasteiger partial charge in [-0.05, 0) is 36.3 Å². The Morgan fingerprint density at radius 2 is 1.95 bits per heavy atom. The highest BCUT2D eigenvalue weighted by Gasteiger charge is 2.34. The fraction of sp³-hybridized carbons (Fsp3) is 0.562. The summed E-state index contributed by atoms with van der Waals surface area (Å²) in [4.78, 5) is 11.8. The molecule has 0 radical (unpaired) electrons. The number of carbonyl (C=O) groups is 1. The molecule has 0 bridgehead atoms. The lowest BCUT2D eigenvalue weighted by atomic mass is 9.75. The zero-order valence-electron chi connectivity index (χ0n) is 11.9. The van der Waals surface area contributed by atoms with Crippen LogP contribution in [-0.4, -0.2) is 11.4 Å². The molecule has 1 aromatic rings. The summed E-state index contributed by atoms with van der Waals surface area (Å²) >= 11 is 0. The molecule has 0 heterocycles. The van der Waals surface area contributed by atoms with Gasteiger partial charge in [0, 0.05) is 18.5 Å². The third kappa shape index (κ3) is 3.80. The third-order valence-electron chi connectivity index (χ3n) is 4.00. The predicted molar refractivity (Wildman–Crippen MR) is 77.8 cm³/mol. The van der Waals surface area contributed by atoms with Gasteiger partial charge in [0.15, 0.2) is 0 Å². The van der Waals surface area contributed by atoms with Crippen molar-refractivity contribution in [2.24, 2.45) is 5.73 Å². The molecule has 0 aromatic heterocycles. The second-order valence-electron chi connectivity index (χ2n) is 6.07. The standard InChI is InChI=1S/C16H24N2O/c1-12(2)14-6-4-13(5-7-14)11-18-15(19)10-16(17)8-3-9-16/h4-7,12H,3,8-11,17H2,1-2H3,(H,18,19). The molecule has 104 valence electrons. The first-order valence-corrected chi connectivity index (χ1v) is 7.13. The Bertz CT molecular complexity index is 433. The number of rotatable bonds is 5. The lowest BCUT2D eigenvalue weighted by molar-refractivity contribution is -0.123. The van der Waals surface area contributed by atoms with Crippen molar-refractivity contribution in [1.82, 2.24) is 5.32 Å². The van der Waals surface area contributed by atoms with Crippen LogP contribution in [0.4, 0.5) is 0 Å². The quantitative estimate of drug-likeness (QED) is 0.855. The van der Waals surface area contributed by atoms with Crippen LogP contribution in [0.25, 0.3) is 0 Å². The van der Waals surface area contributed by atoms with Gasteiger partial charge in [-0.1, -0.05) is 38.1 Å². The average Bonchev–Trinajstić information content (AvgIpc) is 2.35. The van der Waals surface area contributed by atoms with Gasteiger partial charge in [0.2, 0.25) is 5.91 Å². The number of amides is 1. The van der Waals surface area contributed by atoms with Gasteiger partial charge >= 0.3 is 0 Å². The van der Waals surface area contributed by atoms with Crippen LogP contribution in [-0.2, 0) is 11.3 Å². The molecule has 2 rings (SSSR count). The lowest BCUT2D eigenvalue weighted by Crippen LogP contribution is -2.49. The summed E-state index contributed by atoms with van der Waals surface area (Å²) in [5.74, 6) is 0.606. The van der Waals surface area contributed by atoms with Crippen LogP contribution in [0.15, 0.2) is 24.3 Å². The van der Waals surface area contributed by atoms with Crippen molar-refractivity contribution in [3.63, 3.8) is 0 Å². The molecule has 0 unspecified atom stereocenters. The van der Waals surface area contributed by atoms with Crippen LogP contribution in [0, 0.1) is 0 Å².